The van der Waals surface area contributed by atoms with E-state index in [9.17, 15) is 0 Å². The van der Waals surface area contributed by atoms with Gasteiger partial charge in [-0.2, -0.15) is 0 Å². The number of hydrogen-bond donors (Lipinski definition) is 1. The van der Waals surface area contributed by atoms with Crippen molar-refractivity contribution < 1.29 is 9.47 Å². The second-order valence-electron chi connectivity index (χ2n) is 11.1. The van der Waals surface area contributed by atoms with Crippen molar-refractivity contribution in [3.8, 4) is 11.5 Å². The van der Waals surface area contributed by atoms with Crippen LogP contribution in [0.1, 0.15) is 42.9 Å². The molecule has 0 spiro atoms. The second kappa shape index (κ2) is 13.0. The van der Waals surface area contributed by atoms with Gasteiger partial charge in [0.15, 0.2) is 0 Å². The van der Waals surface area contributed by atoms with Gasteiger partial charge in [0.2, 0.25) is 0 Å². The lowest BCUT2D eigenvalue weighted by atomic mass is 9.66. The first kappa shape index (κ1) is 27.7. The van der Waals surface area contributed by atoms with Crippen molar-refractivity contribution in [2.45, 2.75) is 44.8 Å². The zero-order valence-electron chi connectivity index (χ0n) is 24.1. The molecule has 3 heterocycles. The van der Waals surface area contributed by atoms with Crippen LogP contribution in [0.3, 0.4) is 0 Å². The normalized spacial score (nSPS) is 24.3. The summed E-state index contributed by atoms with van der Waals surface area (Å²) in [6.07, 6.45) is 1.24. The van der Waals surface area contributed by atoms with E-state index in [2.05, 4.69) is 95.7 Å². The van der Waals surface area contributed by atoms with E-state index in [1.165, 1.54) is 37.2 Å². The summed E-state index contributed by atoms with van der Waals surface area (Å²) in [5.74, 6) is 3.35. The second-order valence-corrected chi connectivity index (χ2v) is 11.1. The average molecular weight is 528 g/mol. The molecule has 3 aliphatic heterocycles. The molecule has 3 fully saturated rings. The van der Waals surface area contributed by atoms with E-state index in [0.717, 1.165) is 36.7 Å². The molecule has 3 aromatic carbocycles. The SMILES string of the molecule is CCN(CC)C[C@@H]1CN2CC[C@H]1[C@@H](NCc1cc(OC)ccc1OC)[C@@H]2C(c1ccccc1)c1ccccc1. The van der Waals surface area contributed by atoms with E-state index in [-0.39, 0.29) is 0 Å². The average Bonchev–Trinajstić information content (AvgIpc) is 3.00. The Morgan fingerprint density at radius 2 is 1.56 bits per heavy atom. The number of ether oxygens (including phenoxy) is 2. The molecule has 5 heteroatoms. The third-order valence-electron chi connectivity index (χ3n) is 9.14. The molecule has 3 aromatic rings. The van der Waals surface area contributed by atoms with Crippen LogP contribution < -0.4 is 14.8 Å². The lowest BCUT2D eigenvalue weighted by Crippen LogP contribution is -2.68. The molecule has 6 rings (SSSR count). The monoisotopic (exact) mass is 527 g/mol. The van der Waals surface area contributed by atoms with Gasteiger partial charge in [0.1, 0.15) is 11.5 Å². The number of benzene rings is 3. The maximum atomic E-state index is 5.75. The molecule has 5 nitrogen and oxygen atoms in total. The number of nitrogens with one attached hydrogen (secondary N) is 1. The third-order valence-corrected chi connectivity index (χ3v) is 9.14. The molecular formula is C34H45N3O2. The number of nitrogens with zero attached hydrogens (tertiary/aromatic N) is 2. The van der Waals surface area contributed by atoms with Gasteiger partial charge in [0.05, 0.1) is 14.2 Å². The molecule has 1 unspecified atom stereocenters. The first-order valence-electron chi connectivity index (χ1n) is 14.7. The maximum absolute atomic E-state index is 5.75. The zero-order chi connectivity index (χ0) is 27.2. The zero-order valence-corrected chi connectivity index (χ0v) is 24.1. The summed E-state index contributed by atoms with van der Waals surface area (Å²) in [5, 5.41) is 4.11. The smallest absolute Gasteiger partial charge is 0.123 e. The summed E-state index contributed by atoms with van der Waals surface area (Å²) in [5.41, 5.74) is 3.93. The van der Waals surface area contributed by atoms with Crippen LogP contribution in [0.15, 0.2) is 78.9 Å². The maximum Gasteiger partial charge on any atom is 0.123 e. The molecule has 0 saturated carbocycles. The van der Waals surface area contributed by atoms with Crippen LogP contribution in [0.2, 0.25) is 0 Å². The van der Waals surface area contributed by atoms with Crippen LogP contribution in [0.4, 0.5) is 0 Å². The van der Waals surface area contributed by atoms with Crippen LogP contribution in [0, 0.1) is 11.8 Å². The van der Waals surface area contributed by atoms with Crippen molar-refractivity contribution in [1.82, 2.24) is 15.1 Å². The third kappa shape index (κ3) is 6.01. The lowest BCUT2D eigenvalue weighted by molar-refractivity contribution is -0.0464. The molecule has 3 saturated heterocycles. The van der Waals surface area contributed by atoms with Gasteiger partial charge in [0.25, 0.3) is 0 Å². The topological polar surface area (TPSA) is 37.0 Å². The molecule has 0 radical (unpaired) electrons. The van der Waals surface area contributed by atoms with Crippen LogP contribution >= 0.6 is 0 Å². The van der Waals surface area contributed by atoms with E-state index in [4.69, 9.17) is 9.47 Å². The minimum absolute atomic E-state index is 0.300. The largest absolute Gasteiger partial charge is 0.497 e. The van der Waals surface area contributed by atoms with Gasteiger partial charge in [0, 0.05) is 43.2 Å². The minimum atomic E-state index is 0.300. The van der Waals surface area contributed by atoms with Gasteiger partial charge >= 0.3 is 0 Å². The molecule has 0 aromatic heterocycles. The van der Waals surface area contributed by atoms with Gasteiger partial charge < -0.3 is 19.7 Å². The Morgan fingerprint density at radius 1 is 0.897 bits per heavy atom. The molecule has 1 N–H and O–H groups in total. The van der Waals surface area contributed by atoms with E-state index in [1.807, 2.05) is 12.1 Å². The highest BCUT2D eigenvalue weighted by molar-refractivity contribution is 5.41. The van der Waals surface area contributed by atoms with Crippen molar-refractivity contribution in [1.29, 1.82) is 0 Å². The number of piperidine rings is 3. The summed E-state index contributed by atoms with van der Waals surface area (Å²) < 4.78 is 11.3. The fourth-order valence-electron chi connectivity index (χ4n) is 7.15. The first-order valence-corrected chi connectivity index (χ1v) is 14.7. The lowest BCUT2D eigenvalue weighted by Gasteiger charge is -2.58. The predicted octanol–water partition coefficient (Wildman–Crippen LogP) is 5.66. The first-order chi connectivity index (χ1) is 19.2. The molecular weight excluding hydrogens is 482 g/mol. The van der Waals surface area contributed by atoms with Gasteiger partial charge in [-0.3, -0.25) is 4.90 Å². The minimum Gasteiger partial charge on any atom is -0.497 e. The Labute approximate surface area is 235 Å². The van der Waals surface area contributed by atoms with E-state index in [1.54, 1.807) is 14.2 Å². The highest BCUT2D eigenvalue weighted by Crippen LogP contribution is 2.44. The van der Waals surface area contributed by atoms with Gasteiger partial charge in [-0.05, 0) is 67.2 Å². The summed E-state index contributed by atoms with van der Waals surface area (Å²) in [6, 6.07) is 29.1. The van der Waals surface area contributed by atoms with Crippen LogP contribution in [-0.2, 0) is 6.54 Å². The number of fused-ring (bicyclic) bond motifs is 3. The fourth-order valence-corrected chi connectivity index (χ4v) is 7.15. The molecule has 0 amide bonds. The molecule has 3 aliphatic rings. The van der Waals surface area contributed by atoms with Crippen LogP contribution in [0.25, 0.3) is 0 Å². The van der Waals surface area contributed by atoms with Crippen molar-refractivity contribution >= 4 is 0 Å². The van der Waals surface area contributed by atoms with E-state index < -0.39 is 0 Å². The van der Waals surface area contributed by atoms with Gasteiger partial charge in [-0.25, -0.2) is 0 Å². The predicted molar refractivity (Wildman–Crippen MR) is 160 cm³/mol. The van der Waals surface area contributed by atoms with E-state index in [0.29, 0.717) is 29.8 Å². The Morgan fingerprint density at radius 3 is 2.15 bits per heavy atom. The number of hydrogen-bond acceptors (Lipinski definition) is 5. The number of methoxy groups -OCH3 is 2. The quantitative estimate of drug-likeness (QED) is 0.329. The Balaban J connectivity index is 1.52. The van der Waals surface area contributed by atoms with Crippen molar-refractivity contribution in [2.75, 3.05) is 46.9 Å². The van der Waals surface area contributed by atoms with Crippen molar-refractivity contribution in [3.05, 3.63) is 95.6 Å². The molecule has 39 heavy (non-hydrogen) atoms. The Bertz CT molecular complexity index is 1130. The van der Waals surface area contributed by atoms with Crippen molar-refractivity contribution in [3.63, 3.8) is 0 Å². The molecule has 5 atom stereocenters. The van der Waals surface area contributed by atoms with Crippen LogP contribution in [0.5, 0.6) is 11.5 Å². The highest BCUT2D eigenvalue weighted by atomic mass is 16.5. The summed E-state index contributed by atoms with van der Waals surface area (Å²) in [6.45, 7) is 11.1. The highest BCUT2D eigenvalue weighted by Gasteiger charge is 2.50. The summed E-state index contributed by atoms with van der Waals surface area (Å²) >= 11 is 0. The molecule has 0 aliphatic carbocycles. The summed E-state index contributed by atoms with van der Waals surface area (Å²) in [7, 11) is 3.48. The Kier molecular flexibility index (Phi) is 9.23. The molecule has 208 valence electrons. The standard InChI is InChI=1S/C34H45N3O2/c1-5-36(6-2)23-28-24-37-20-19-30(28)33(35-22-27-21-29(38-3)17-18-31(27)39-4)34(37)32(25-13-9-7-10-14-25)26-15-11-8-12-16-26/h7-18,21,28,30,32-35H,5-6,19-20,22-24H2,1-4H3/t28-,30-,33-,34+/m1/s1. The van der Waals surface area contributed by atoms with Gasteiger partial charge in [-0.15, -0.1) is 0 Å². The summed E-state index contributed by atoms with van der Waals surface area (Å²) in [4.78, 5) is 5.41. The van der Waals surface area contributed by atoms with Gasteiger partial charge in [-0.1, -0.05) is 74.5 Å². The fraction of sp³-hybridized carbons (Fsp3) is 0.471. The van der Waals surface area contributed by atoms with Crippen LogP contribution in [-0.4, -0.2) is 68.8 Å². The van der Waals surface area contributed by atoms with Crippen molar-refractivity contribution in [2.24, 2.45) is 11.8 Å². The molecule has 2 bridgehead atoms. The Hall–Kier alpha value is -2.86. The number of rotatable bonds is 12. The van der Waals surface area contributed by atoms with E-state index >= 15 is 0 Å².